The Morgan fingerprint density at radius 2 is 2.19 bits per heavy atom. The lowest BCUT2D eigenvalue weighted by molar-refractivity contribution is -0.113. The fourth-order valence-electron chi connectivity index (χ4n) is 4.57. The number of ether oxygens (including phenoxy) is 1. The van der Waals surface area contributed by atoms with Crippen LogP contribution in [0.4, 0.5) is 11.5 Å². The molecule has 0 aromatic carbocycles. The molecule has 5 rings (SSSR count). The van der Waals surface area contributed by atoms with Gasteiger partial charge in [0.25, 0.3) is 0 Å². The van der Waals surface area contributed by atoms with Crippen LogP contribution in [0, 0.1) is 5.92 Å². The molecule has 9 nitrogen and oxygen atoms in total. The van der Waals surface area contributed by atoms with Crippen molar-refractivity contribution in [3.05, 3.63) is 53.5 Å². The van der Waals surface area contributed by atoms with Gasteiger partial charge >= 0.3 is 0 Å². The van der Waals surface area contributed by atoms with E-state index in [9.17, 15) is 9.90 Å². The van der Waals surface area contributed by atoms with Gasteiger partial charge in [-0.25, -0.2) is 9.97 Å². The van der Waals surface area contributed by atoms with Gasteiger partial charge in [-0.3, -0.25) is 9.78 Å². The number of rotatable bonds is 7. The van der Waals surface area contributed by atoms with Crippen LogP contribution < -0.4 is 20.7 Å². The molecule has 11 heteroatoms. The number of methoxy groups -OCH3 is 1. The van der Waals surface area contributed by atoms with Gasteiger partial charge in [-0.1, -0.05) is 18.2 Å². The lowest BCUT2D eigenvalue weighted by Gasteiger charge is -2.35. The summed E-state index contributed by atoms with van der Waals surface area (Å²) in [5.41, 5.74) is 3.74. The first-order valence-electron chi connectivity index (χ1n) is 11.7. The van der Waals surface area contributed by atoms with Crippen molar-refractivity contribution in [3.8, 4) is 5.88 Å². The van der Waals surface area contributed by atoms with E-state index >= 15 is 0 Å². The molecule has 0 bridgehead atoms. The lowest BCUT2D eigenvalue weighted by Crippen LogP contribution is -2.44. The SMILES string of the molecule is C=C(Nc1ccnc2ccc(OC)nc12)[C@@H]1CC[C@@H](NCc2nc3c(cc2Cl)SCC(=O)N3)[C@H](O)C1. The maximum absolute atomic E-state index is 11.7. The molecule has 0 spiro atoms. The number of carbonyl (C=O) groups excluding carboxylic acids is 1. The number of allylic oxidation sites excluding steroid dienone is 1. The summed E-state index contributed by atoms with van der Waals surface area (Å²) in [5.74, 6) is 1.45. The smallest absolute Gasteiger partial charge is 0.235 e. The van der Waals surface area contributed by atoms with E-state index in [1.54, 1.807) is 19.4 Å². The van der Waals surface area contributed by atoms with Crippen molar-refractivity contribution in [1.29, 1.82) is 0 Å². The Morgan fingerprint density at radius 1 is 1.33 bits per heavy atom. The number of fused-ring (bicyclic) bond motifs is 2. The van der Waals surface area contributed by atoms with Crippen LogP contribution in [0.2, 0.25) is 5.02 Å². The molecule has 1 saturated carbocycles. The molecule has 3 aromatic rings. The first-order valence-corrected chi connectivity index (χ1v) is 13.1. The number of thioether (sulfide) groups is 1. The van der Waals surface area contributed by atoms with E-state index in [-0.39, 0.29) is 17.9 Å². The fraction of sp³-hybridized carbons (Fsp3) is 0.360. The molecule has 2 aliphatic rings. The van der Waals surface area contributed by atoms with E-state index in [1.165, 1.54) is 11.8 Å². The molecule has 0 saturated heterocycles. The normalized spacial score (nSPS) is 21.5. The van der Waals surface area contributed by atoms with E-state index in [2.05, 4.69) is 37.5 Å². The van der Waals surface area contributed by atoms with Crippen LogP contribution in [0.3, 0.4) is 0 Å². The Hall–Kier alpha value is -2.92. The number of hydrogen-bond donors (Lipinski definition) is 4. The van der Waals surface area contributed by atoms with E-state index < -0.39 is 6.10 Å². The van der Waals surface area contributed by atoms with E-state index in [0.29, 0.717) is 46.6 Å². The number of aromatic nitrogens is 3. The maximum Gasteiger partial charge on any atom is 0.235 e. The molecule has 188 valence electrons. The number of anilines is 2. The Labute approximate surface area is 218 Å². The Bertz CT molecular complexity index is 1320. The van der Waals surface area contributed by atoms with Gasteiger partial charge in [0, 0.05) is 36.5 Å². The van der Waals surface area contributed by atoms with Gasteiger partial charge in [-0.2, -0.15) is 0 Å². The van der Waals surface area contributed by atoms with Crippen molar-refractivity contribution in [2.75, 3.05) is 23.5 Å². The second-order valence-electron chi connectivity index (χ2n) is 8.90. The fourth-order valence-corrected chi connectivity index (χ4v) is 5.65. The van der Waals surface area contributed by atoms with Gasteiger partial charge in [0.05, 0.1) is 45.8 Å². The third-order valence-electron chi connectivity index (χ3n) is 6.53. The second kappa shape index (κ2) is 10.6. The summed E-state index contributed by atoms with van der Waals surface area (Å²) in [4.78, 5) is 26.0. The summed E-state index contributed by atoms with van der Waals surface area (Å²) in [5, 5.41) is 21.0. The molecule has 4 heterocycles. The van der Waals surface area contributed by atoms with Crippen LogP contribution >= 0.6 is 23.4 Å². The average molecular weight is 527 g/mol. The molecule has 36 heavy (non-hydrogen) atoms. The van der Waals surface area contributed by atoms with Gasteiger partial charge < -0.3 is 25.8 Å². The quantitative estimate of drug-likeness (QED) is 0.362. The summed E-state index contributed by atoms with van der Waals surface area (Å²) in [7, 11) is 1.58. The van der Waals surface area contributed by atoms with Crippen LogP contribution in [-0.2, 0) is 11.3 Å². The standard InChI is InChI=1S/C25H27ClN6O3S/c1-13(29-18-7-8-27-17-5-6-23(35-2)32-24(17)18)14-3-4-16(20(33)9-14)28-11-19-15(26)10-21-25(30-19)31-22(34)12-36-21/h5-8,10,14,16,20,28,33H,1,3-4,9,11-12H2,2H3,(H,27,29)(H,30,31,34)/t14-,16-,20-/m1/s1. The molecule has 0 unspecified atom stereocenters. The Kier molecular flexibility index (Phi) is 7.29. The molecule has 1 aliphatic carbocycles. The van der Waals surface area contributed by atoms with Crippen LogP contribution in [0.1, 0.15) is 25.0 Å². The van der Waals surface area contributed by atoms with Crippen LogP contribution in [0.15, 0.2) is 47.6 Å². The van der Waals surface area contributed by atoms with Crippen LogP contribution in [0.5, 0.6) is 5.88 Å². The Morgan fingerprint density at radius 3 is 3.00 bits per heavy atom. The molecule has 1 aliphatic heterocycles. The maximum atomic E-state index is 11.7. The summed E-state index contributed by atoms with van der Waals surface area (Å²) < 4.78 is 5.26. The highest BCUT2D eigenvalue weighted by Crippen LogP contribution is 2.35. The number of aliphatic hydroxyl groups excluding tert-OH is 1. The van der Waals surface area contributed by atoms with E-state index in [0.717, 1.165) is 34.6 Å². The number of amides is 1. The number of carbonyl (C=O) groups is 1. The first kappa shape index (κ1) is 24.8. The number of nitrogens with one attached hydrogen (secondary N) is 3. The third-order valence-corrected chi connectivity index (χ3v) is 7.89. The van der Waals surface area contributed by atoms with Gasteiger partial charge in [0.1, 0.15) is 11.3 Å². The molecule has 1 amide bonds. The van der Waals surface area contributed by atoms with E-state index in [1.807, 2.05) is 18.2 Å². The van der Waals surface area contributed by atoms with Crippen molar-refractivity contribution < 1.29 is 14.6 Å². The highest BCUT2D eigenvalue weighted by molar-refractivity contribution is 8.00. The van der Waals surface area contributed by atoms with Crippen molar-refractivity contribution in [1.82, 2.24) is 20.3 Å². The predicted molar refractivity (Wildman–Crippen MR) is 141 cm³/mol. The second-order valence-corrected chi connectivity index (χ2v) is 10.3. The Balaban J connectivity index is 1.20. The van der Waals surface area contributed by atoms with Crippen molar-refractivity contribution in [2.45, 2.75) is 42.8 Å². The minimum absolute atomic E-state index is 0.0708. The molecule has 1 fully saturated rings. The summed E-state index contributed by atoms with van der Waals surface area (Å²) >= 11 is 7.85. The third kappa shape index (κ3) is 5.27. The number of hydrogen-bond acceptors (Lipinski definition) is 9. The average Bonchev–Trinajstić information content (AvgIpc) is 2.88. The van der Waals surface area contributed by atoms with Crippen molar-refractivity contribution >= 4 is 51.8 Å². The number of halogens is 1. The highest BCUT2D eigenvalue weighted by atomic mass is 35.5. The summed E-state index contributed by atoms with van der Waals surface area (Å²) in [6, 6.07) is 7.24. The minimum atomic E-state index is -0.554. The van der Waals surface area contributed by atoms with Gasteiger partial charge in [-0.15, -0.1) is 11.8 Å². The van der Waals surface area contributed by atoms with Crippen molar-refractivity contribution in [2.24, 2.45) is 5.92 Å². The topological polar surface area (TPSA) is 121 Å². The largest absolute Gasteiger partial charge is 0.481 e. The predicted octanol–water partition coefficient (Wildman–Crippen LogP) is 3.98. The highest BCUT2D eigenvalue weighted by Gasteiger charge is 2.31. The minimum Gasteiger partial charge on any atom is -0.481 e. The zero-order valence-corrected chi connectivity index (χ0v) is 21.3. The molecule has 3 aromatic heterocycles. The summed E-state index contributed by atoms with van der Waals surface area (Å²) in [6.45, 7) is 4.65. The van der Waals surface area contributed by atoms with Crippen LogP contribution in [-0.4, -0.2) is 51.0 Å². The zero-order chi connectivity index (χ0) is 25.2. The number of pyridine rings is 3. The molecule has 3 atom stereocenters. The van der Waals surface area contributed by atoms with Gasteiger partial charge in [-0.05, 0) is 37.5 Å². The van der Waals surface area contributed by atoms with Gasteiger partial charge in [0.15, 0.2) is 0 Å². The van der Waals surface area contributed by atoms with E-state index in [4.69, 9.17) is 16.3 Å². The molecular weight excluding hydrogens is 500 g/mol. The number of aliphatic hydroxyl groups is 1. The zero-order valence-electron chi connectivity index (χ0n) is 19.8. The lowest BCUT2D eigenvalue weighted by atomic mass is 9.82. The first-order chi connectivity index (χ1) is 17.4. The van der Waals surface area contributed by atoms with Crippen molar-refractivity contribution in [3.63, 3.8) is 0 Å². The van der Waals surface area contributed by atoms with Gasteiger partial charge in [0.2, 0.25) is 11.8 Å². The molecular formula is C25H27ClN6O3S. The monoisotopic (exact) mass is 526 g/mol. The molecule has 4 N–H and O–H groups in total. The number of nitrogens with zero attached hydrogens (tertiary/aromatic N) is 3. The van der Waals surface area contributed by atoms with Crippen LogP contribution in [0.25, 0.3) is 11.0 Å². The molecule has 0 radical (unpaired) electrons. The summed E-state index contributed by atoms with van der Waals surface area (Å²) in [6.07, 6.45) is 3.37.